The fourth-order valence-corrected chi connectivity index (χ4v) is 4.28. The molecule has 1 aliphatic rings. The maximum atomic E-state index is 4.78. The van der Waals surface area contributed by atoms with Crippen LogP contribution in [0.15, 0.2) is 71.9 Å². The number of aromatic amines is 1. The summed E-state index contributed by atoms with van der Waals surface area (Å²) < 4.78 is 0. The number of rotatable bonds is 7. The number of benzene rings is 2. The number of piperidine rings is 1. The Labute approximate surface area is 191 Å². The van der Waals surface area contributed by atoms with Gasteiger partial charge in [-0.15, -0.1) is 0 Å². The quantitative estimate of drug-likeness (QED) is 0.388. The van der Waals surface area contributed by atoms with Crippen LogP contribution in [0.3, 0.4) is 0 Å². The van der Waals surface area contributed by atoms with Crippen molar-refractivity contribution in [2.24, 2.45) is 4.99 Å². The lowest BCUT2D eigenvalue weighted by atomic mass is 9.97. The second-order valence-corrected chi connectivity index (χ2v) is 8.48. The Morgan fingerprint density at radius 3 is 2.59 bits per heavy atom. The molecule has 1 aromatic heterocycles. The Hall–Kier alpha value is -3.12. The maximum Gasteiger partial charge on any atom is 0.191 e. The van der Waals surface area contributed by atoms with Gasteiger partial charge in [0.2, 0.25) is 0 Å². The van der Waals surface area contributed by atoms with E-state index in [1.165, 1.54) is 5.56 Å². The molecular formula is C26H34N6. The van der Waals surface area contributed by atoms with Crippen molar-refractivity contribution in [1.29, 1.82) is 0 Å². The molecule has 32 heavy (non-hydrogen) atoms. The van der Waals surface area contributed by atoms with Crippen molar-refractivity contribution in [2.45, 2.75) is 51.9 Å². The van der Waals surface area contributed by atoms with Crippen LogP contribution >= 0.6 is 0 Å². The number of aliphatic imine (C=N–C) groups is 1. The number of hydrogen-bond acceptors (Lipinski definition) is 3. The molecule has 0 bridgehead atoms. The number of likely N-dealkylation sites (tertiary alicyclic amines) is 1. The van der Waals surface area contributed by atoms with Gasteiger partial charge in [-0.2, -0.15) is 0 Å². The zero-order valence-electron chi connectivity index (χ0n) is 19.1. The standard InChI is InChI=1S/C26H34N6/c1-3-27-26(29-18-25-28-17-24(31-25)22-12-8-5-9-13-22)30-23-14-15-32(20(2)16-23)19-21-10-6-4-7-11-21/h4-13,17,20,23H,3,14-16,18-19H2,1-2H3,(H,28,31)(H2,27,29,30). The molecule has 2 aromatic carbocycles. The van der Waals surface area contributed by atoms with E-state index in [0.717, 1.165) is 55.5 Å². The maximum absolute atomic E-state index is 4.78. The summed E-state index contributed by atoms with van der Waals surface area (Å²) in [5, 5.41) is 7.04. The first-order valence-corrected chi connectivity index (χ1v) is 11.6. The highest BCUT2D eigenvalue weighted by Gasteiger charge is 2.26. The van der Waals surface area contributed by atoms with E-state index < -0.39 is 0 Å². The smallest absolute Gasteiger partial charge is 0.191 e. The van der Waals surface area contributed by atoms with Crippen molar-refractivity contribution in [3.8, 4) is 11.3 Å². The fourth-order valence-electron chi connectivity index (χ4n) is 4.28. The molecule has 3 N–H and O–H groups in total. The Balaban J connectivity index is 1.32. The van der Waals surface area contributed by atoms with E-state index in [2.05, 4.69) is 81.8 Å². The van der Waals surface area contributed by atoms with Crippen LogP contribution in [0.5, 0.6) is 0 Å². The highest BCUT2D eigenvalue weighted by atomic mass is 15.2. The van der Waals surface area contributed by atoms with Gasteiger partial charge in [-0.3, -0.25) is 4.90 Å². The lowest BCUT2D eigenvalue weighted by Crippen LogP contribution is -2.51. The summed E-state index contributed by atoms with van der Waals surface area (Å²) in [6.45, 7) is 7.89. The minimum absolute atomic E-state index is 0.423. The molecule has 2 heterocycles. The lowest BCUT2D eigenvalue weighted by molar-refractivity contribution is 0.134. The minimum atomic E-state index is 0.423. The van der Waals surface area contributed by atoms with E-state index in [-0.39, 0.29) is 0 Å². The Bertz CT molecular complexity index is 982. The third-order valence-corrected chi connectivity index (χ3v) is 6.03. The van der Waals surface area contributed by atoms with Gasteiger partial charge in [-0.05, 0) is 37.8 Å². The summed E-state index contributed by atoms with van der Waals surface area (Å²) in [7, 11) is 0. The van der Waals surface area contributed by atoms with Crippen molar-refractivity contribution in [3.63, 3.8) is 0 Å². The monoisotopic (exact) mass is 430 g/mol. The predicted octanol–water partition coefficient (Wildman–Crippen LogP) is 4.18. The van der Waals surface area contributed by atoms with E-state index in [1.807, 2.05) is 24.4 Å². The van der Waals surface area contributed by atoms with E-state index in [1.54, 1.807) is 0 Å². The molecule has 168 valence electrons. The van der Waals surface area contributed by atoms with Gasteiger partial charge in [0.1, 0.15) is 12.4 Å². The SMILES string of the molecule is CCNC(=NCc1ncc(-c2ccccc2)[nH]1)NC1CCN(Cc2ccccc2)C(C)C1. The zero-order valence-corrected chi connectivity index (χ0v) is 19.1. The molecule has 0 radical (unpaired) electrons. The minimum Gasteiger partial charge on any atom is -0.357 e. The summed E-state index contributed by atoms with van der Waals surface area (Å²) in [5.41, 5.74) is 3.54. The van der Waals surface area contributed by atoms with Crippen molar-refractivity contribution < 1.29 is 0 Å². The number of nitrogens with one attached hydrogen (secondary N) is 3. The van der Waals surface area contributed by atoms with E-state index >= 15 is 0 Å². The van der Waals surface area contributed by atoms with Crippen molar-refractivity contribution in [1.82, 2.24) is 25.5 Å². The van der Waals surface area contributed by atoms with Crippen LogP contribution in [0, 0.1) is 0 Å². The van der Waals surface area contributed by atoms with Gasteiger partial charge in [0, 0.05) is 31.7 Å². The van der Waals surface area contributed by atoms with Crippen molar-refractivity contribution in [2.75, 3.05) is 13.1 Å². The van der Waals surface area contributed by atoms with Crippen LogP contribution in [0.1, 0.15) is 38.1 Å². The molecule has 4 rings (SSSR count). The number of guanidine groups is 1. The Morgan fingerprint density at radius 1 is 1.12 bits per heavy atom. The van der Waals surface area contributed by atoms with E-state index in [0.29, 0.717) is 18.6 Å². The number of nitrogens with zero attached hydrogens (tertiary/aromatic N) is 3. The van der Waals surface area contributed by atoms with Crippen LogP contribution in [-0.2, 0) is 13.1 Å². The molecule has 3 aromatic rings. The topological polar surface area (TPSA) is 68.3 Å². The van der Waals surface area contributed by atoms with Gasteiger partial charge in [-0.1, -0.05) is 60.7 Å². The van der Waals surface area contributed by atoms with Crippen LogP contribution in [0.2, 0.25) is 0 Å². The van der Waals surface area contributed by atoms with Gasteiger partial charge >= 0.3 is 0 Å². The Morgan fingerprint density at radius 2 is 1.88 bits per heavy atom. The normalized spacial score (nSPS) is 19.6. The number of hydrogen-bond donors (Lipinski definition) is 3. The summed E-state index contributed by atoms with van der Waals surface area (Å²) >= 11 is 0. The first kappa shape index (κ1) is 22.1. The molecule has 6 heteroatoms. The zero-order chi connectivity index (χ0) is 22.2. The Kier molecular flexibility index (Phi) is 7.56. The molecule has 0 spiro atoms. The molecule has 0 amide bonds. The second kappa shape index (κ2) is 11.0. The van der Waals surface area contributed by atoms with Gasteiger partial charge in [-0.25, -0.2) is 9.98 Å². The molecule has 1 saturated heterocycles. The van der Waals surface area contributed by atoms with Crippen LogP contribution in [-0.4, -0.2) is 46.0 Å². The largest absolute Gasteiger partial charge is 0.357 e. The summed E-state index contributed by atoms with van der Waals surface area (Å²) in [5.74, 6) is 1.73. The highest BCUT2D eigenvalue weighted by molar-refractivity contribution is 5.80. The first-order valence-electron chi connectivity index (χ1n) is 11.6. The highest BCUT2D eigenvalue weighted by Crippen LogP contribution is 2.20. The van der Waals surface area contributed by atoms with Crippen molar-refractivity contribution >= 4 is 5.96 Å². The predicted molar refractivity (Wildman–Crippen MR) is 131 cm³/mol. The molecule has 0 aliphatic carbocycles. The van der Waals surface area contributed by atoms with Gasteiger partial charge < -0.3 is 15.6 Å². The molecule has 1 aliphatic heterocycles. The average Bonchev–Trinajstić information content (AvgIpc) is 3.30. The summed E-state index contributed by atoms with van der Waals surface area (Å²) in [4.78, 5) is 15.3. The van der Waals surface area contributed by atoms with E-state index in [4.69, 9.17) is 4.99 Å². The lowest BCUT2D eigenvalue weighted by Gasteiger charge is -2.38. The molecular weight excluding hydrogens is 396 g/mol. The molecule has 2 unspecified atom stereocenters. The molecule has 1 fully saturated rings. The summed E-state index contributed by atoms with van der Waals surface area (Å²) in [6, 6.07) is 22.0. The third kappa shape index (κ3) is 5.98. The first-order chi connectivity index (χ1) is 15.7. The number of H-pyrrole nitrogens is 1. The van der Waals surface area contributed by atoms with Gasteiger partial charge in [0.15, 0.2) is 5.96 Å². The van der Waals surface area contributed by atoms with Crippen molar-refractivity contribution in [3.05, 3.63) is 78.2 Å². The van der Waals surface area contributed by atoms with Gasteiger partial charge in [0.25, 0.3) is 0 Å². The van der Waals surface area contributed by atoms with Gasteiger partial charge in [0.05, 0.1) is 11.9 Å². The van der Waals surface area contributed by atoms with E-state index in [9.17, 15) is 0 Å². The molecule has 0 saturated carbocycles. The van der Waals surface area contributed by atoms with Crippen LogP contribution in [0.25, 0.3) is 11.3 Å². The van der Waals surface area contributed by atoms with Crippen LogP contribution < -0.4 is 10.6 Å². The fraction of sp³-hybridized carbons (Fsp3) is 0.385. The number of imidazole rings is 1. The number of aromatic nitrogens is 2. The van der Waals surface area contributed by atoms with Crippen LogP contribution in [0.4, 0.5) is 0 Å². The average molecular weight is 431 g/mol. The third-order valence-electron chi connectivity index (χ3n) is 6.03. The second-order valence-electron chi connectivity index (χ2n) is 8.48. The molecule has 2 atom stereocenters. The summed E-state index contributed by atoms with van der Waals surface area (Å²) in [6.07, 6.45) is 4.10. The molecule has 6 nitrogen and oxygen atoms in total.